The summed E-state index contributed by atoms with van der Waals surface area (Å²) in [5.41, 5.74) is 1.88. The van der Waals surface area contributed by atoms with Crippen molar-refractivity contribution in [2.45, 2.75) is 39.2 Å². The maximum absolute atomic E-state index is 12.0. The number of Topliss-reactive ketones (excluding diaryl/α,β-unsaturated/α-hetero) is 1. The molecule has 0 spiro atoms. The smallest absolute Gasteiger partial charge is 0.220 e. The van der Waals surface area contributed by atoms with Crippen LogP contribution in [-0.2, 0) is 17.8 Å². The number of benzene rings is 1. The molecule has 0 saturated heterocycles. The van der Waals surface area contributed by atoms with E-state index in [0.717, 1.165) is 19.4 Å². The summed E-state index contributed by atoms with van der Waals surface area (Å²) >= 11 is 0. The number of carbonyl (C=O) groups excluding carboxylic acids is 2. The maximum Gasteiger partial charge on any atom is 0.220 e. The zero-order valence-electron chi connectivity index (χ0n) is 13.5. The van der Waals surface area contributed by atoms with Crippen LogP contribution in [0, 0.1) is 0 Å². The molecule has 0 aliphatic heterocycles. The molecule has 0 aliphatic carbocycles. The van der Waals surface area contributed by atoms with Gasteiger partial charge in [0.05, 0.1) is 0 Å². The molecule has 23 heavy (non-hydrogen) atoms. The fourth-order valence-electron chi connectivity index (χ4n) is 2.29. The quantitative estimate of drug-likeness (QED) is 0.572. The molecule has 0 radical (unpaired) electrons. The van der Waals surface area contributed by atoms with Gasteiger partial charge in [-0.05, 0) is 24.5 Å². The normalized spacial score (nSPS) is 10.5. The molecule has 0 fully saturated rings. The third kappa shape index (κ3) is 5.70. The summed E-state index contributed by atoms with van der Waals surface area (Å²) in [5, 5.41) is 6.94. The van der Waals surface area contributed by atoms with Crippen LogP contribution in [0.25, 0.3) is 0 Å². The Balaban J connectivity index is 1.64. The van der Waals surface area contributed by atoms with Gasteiger partial charge in [-0.15, -0.1) is 0 Å². The predicted octanol–water partition coefficient (Wildman–Crippen LogP) is 2.61. The number of nitrogens with zero attached hydrogens (tertiary/aromatic N) is 2. The van der Waals surface area contributed by atoms with Gasteiger partial charge in [0, 0.05) is 43.9 Å². The first-order valence-corrected chi connectivity index (χ1v) is 8.05. The van der Waals surface area contributed by atoms with Crippen LogP contribution in [0.4, 0.5) is 0 Å². The molecular weight excluding hydrogens is 290 g/mol. The largest absolute Gasteiger partial charge is 0.356 e. The van der Waals surface area contributed by atoms with Crippen LogP contribution in [-0.4, -0.2) is 28.0 Å². The lowest BCUT2D eigenvalue weighted by atomic mass is 10.0. The van der Waals surface area contributed by atoms with E-state index in [1.54, 1.807) is 6.20 Å². The van der Waals surface area contributed by atoms with E-state index < -0.39 is 0 Å². The Bertz CT molecular complexity index is 618. The van der Waals surface area contributed by atoms with Crippen LogP contribution >= 0.6 is 0 Å². The monoisotopic (exact) mass is 313 g/mol. The SMILES string of the molecule is CCc1ccc(C(=O)CCC(=O)NCCCn2cccn2)cc1. The van der Waals surface area contributed by atoms with Gasteiger partial charge in [-0.2, -0.15) is 5.10 Å². The summed E-state index contributed by atoms with van der Waals surface area (Å²) in [7, 11) is 0. The Morgan fingerprint density at radius 3 is 2.61 bits per heavy atom. The third-order valence-electron chi connectivity index (χ3n) is 3.71. The van der Waals surface area contributed by atoms with Crippen molar-refractivity contribution in [1.29, 1.82) is 0 Å². The highest BCUT2D eigenvalue weighted by Gasteiger charge is 2.09. The summed E-state index contributed by atoms with van der Waals surface area (Å²) in [4.78, 5) is 23.8. The van der Waals surface area contributed by atoms with E-state index in [9.17, 15) is 9.59 Å². The average Bonchev–Trinajstić information content (AvgIpc) is 3.10. The minimum absolute atomic E-state index is 0.0133. The van der Waals surface area contributed by atoms with E-state index in [-0.39, 0.29) is 24.5 Å². The van der Waals surface area contributed by atoms with Crippen LogP contribution in [0.2, 0.25) is 0 Å². The molecule has 2 rings (SSSR count). The van der Waals surface area contributed by atoms with Crippen molar-refractivity contribution in [3.05, 3.63) is 53.9 Å². The fraction of sp³-hybridized carbons (Fsp3) is 0.389. The van der Waals surface area contributed by atoms with Crippen molar-refractivity contribution >= 4 is 11.7 Å². The number of amides is 1. The fourth-order valence-corrected chi connectivity index (χ4v) is 2.29. The van der Waals surface area contributed by atoms with E-state index in [4.69, 9.17) is 0 Å². The Morgan fingerprint density at radius 2 is 1.96 bits per heavy atom. The number of hydrogen-bond acceptors (Lipinski definition) is 3. The molecule has 1 heterocycles. The number of carbonyl (C=O) groups is 2. The van der Waals surface area contributed by atoms with Crippen LogP contribution in [0.3, 0.4) is 0 Å². The molecule has 1 aromatic heterocycles. The zero-order valence-corrected chi connectivity index (χ0v) is 13.5. The first kappa shape index (κ1) is 16.9. The number of nitrogens with one attached hydrogen (secondary N) is 1. The Labute approximate surface area is 136 Å². The van der Waals surface area contributed by atoms with Gasteiger partial charge in [-0.3, -0.25) is 14.3 Å². The van der Waals surface area contributed by atoms with Gasteiger partial charge in [-0.1, -0.05) is 31.2 Å². The highest BCUT2D eigenvalue weighted by molar-refractivity contribution is 5.97. The number of ketones is 1. The Kier molecular flexibility index (Phi) is 6.54. The van der Waals surface area contributed by atoms with Crippen molar-refractivity contribution in [1.82, 2.24) is 15.1 Å². The lowest BCUT2D eigenvalue weighted by molar-refractivity contribution is -0.121. The second-order valence-corrected chi connectivity index (χ2v) is 5.45. The van der Waals surface area contributed by atoms with Gasteiger partial charge >= 0.3 is 0 Å². The topological polar surface area (TPSA) is 64.0 Å². The molecule has 5 heteroatoms. The van der Waals surface area contributed by atoms with Crippen molar-refractivity contribution in [3.63, 3.8) is 0 Å². The summed E-state index contributed by atoms with van der Waals surface area (Å²) in [6, 6.07) is 9.47. The summed E-state index contributed by atoms with van der Waals surface area (Å²) in [6.45, 7) is 3.45. The van der Waals surface area contributed by atoms with Crippen LogP contribution in [0.1, 0.15) is 42.1 Å². The first-order chi connectivity index (χ1) is 11.2. The predicted molar refractivity (Wildman–Crippen MR) is 89.2 cm³/mol. The van der Waals surface area contributed by atoms with Gasteiger partial charge in [0.1, 0.15) is 0 Å². The molecule has 0 bridgehead atoms. The second kappa shape index (κ2) is 8.88. The molecule has 0 saturated carbocycles. The highest BCUT2D eigenvalue weighted by Crippen LogP contribution is 2.08. The number of hydrogen-bond donors (Lipinski definition) is 1. The maximum atomic E-state index is 12.0. The molecule has 5 nitrogen and oxygen atoms in total. The second-order valence-electron chi connectivity index (χ2n) is 5.45. The van der Waals surface area contributed by atoms with Crippen LogP contribution in [0.5, 0.6) is 0 Å². The van der Waals surface area contributed by atoms with Gasteiger partial charge < -0.3 is 5.32 Å². The highest BCUT2D eigenvalue weighted by atomic mass is 16.2. The van der Waals surface area contributed by atoms with E-state index in [1.165, 1.54) is 5.56 Å². The molecule has 0 aliphatic rings. The summed E-state index contributed by atoms with van der Waals surface area (Å²) < 4.78 is 1.83. The minimum atomic E-state index is -0.0796. The number of aromatic nitrogens is 2. The van der Waals surface area contributed by atoms with E-state index >= 15 is 0 Å². The lowest BCUT2D eigenvalue weighted by Gasteiger charge is -2.06. The van der Waals surface area contributed by atoms with Crippen molar-refractivity contribution in [3.8, 4) is 0 Å². The first-order valence-electron chi connectivity index (χ1n) is 8.05. The molecule has 122 valence electrons. The summed E-state index contributed by atoms with van der Waals surface area (Å²) in [6.07, 6.45) is 5.88. The lowest BCUT2D eigenvalue weighted by Crippen LogP contribution is -2.25. The number of aryl methyl sites for hydroxylation is 2. The van der Waals surface area contributed by atoms with Crippen molar-refractivity contribution in [2.75, 3.05) is 6.54 Å². The van der Waals surface area contributed by atoms with E-state index in [1.807, 2.05) is 41.2 Å². The van der Waals surface area contributed by atoms with E-state index in [2.05, 4.69) is 17.3 Å². The Hall–Kier alpha value is -2.43. The van der Waals surface area contributed by atoms with Gasteiger partial charge in [-0.25, -0.2) is 0 Å². The van der Waals surface area contributed by atoms with Crippen molar-refractivity contribution in [2.24, 2.45) is 0 Å². The minimum Gasteiger partial charge on any atom is -0.356 e. The van der Waals surface area contributed by atoms with Gasteiger partial charge in [0.25, 0.3) is 0 Å². The molecule has 0 atom stereocenters. The third-order valence-corrected chi connectivity index (χ3v) is 3.71. The summed E-state index contributed by atoms with van der Waals surface area (Å²) in [5.74, 6) is -0.0664. The Morgan fingerprint density at radius 1 is 1.17 bits per heavy atom. The molecule has 0 unspecified atom stereocenters. The standard InChI is InChI=1S/C18H23N3O2/c1-2-15-5-7-16(8-6-15)17(22)9-10-18(23)19-11-3-13-21-14-4-12-20-21/h4-8,12,14H,2-3,9-11,13H2,1H3,(H,19,23). The van der Waals surface area contributed by atoms with E-state index in [0.29, 0.717) is 12.1 Å². The molecule has 1 amide bonds. The van der Waals surface area contributed by atoms with Crippen LogP contribution in [0.15, 0.2) is 42.7 Å². The molecular formula is C18H23N3O2. The van der Waals surface area contributed by atoms with Gasteiger partial charge in [0.2, 0.25) is 5.91 Å². The zero-order chi connectivity index (χ0) is 16.5. The average molecular weight is 313 g/mol. The van der Waals surface area contributed by atoms with Crippen molar-refractivity contribution < 1.29 is 9.59 Å². The molecule has 2 aromatic rings. The number of rotatable bonds is 9. The molecule has 1 N–H and O–H groups in total. The molecule has 1 aromatic carbocycles. The van der Waals surface area contributed by atoms with Gasteiger partial charge in [0.15, 0.2) is 5.78 Å². The van der Waals surface area contributed by atoms with Crippen LogP contribution < -0.4 is 5.32 Å².